The van der Waals surface area contributed by atoms with E-state index in [4.69, 9.17) is 4.98 Å². The first-order chi connectivity index (χ1) is 26.8. The van der Waals surface area contributed by atoms with Crippen molar-refractivity contribution in [2.75, 3.05) is 74.5 Å². The molecule has 0 fully saturated rings. The number of thiol groups is 1. The molecular weight excluding hydrogens is 830 g/mol. The van der Waals surface area contributed by atoms with E-state index in [2.05, 4.69) is 172 Å². The summed E-state index contributed by atoms with van der Waals surface area (Å²) in [7, 11) is 4.52. The van der Waals surface area contributed by atoms with E-state index in [9.17, 15) is 0 Å². The van der Waals surface area contributed by atoms with Crippen molar-refractivity contribution in [3.8, 4) is 5.69 Å². The van der Waals surface area contributed by atoms with Crippen LogP contribution in [0.1, 0.15) is 74.7 Å². The van der Waals surface area contributed by atoms with E-state index < -0.39 is 0 Å². The van der Waals surface area contributed by atoms with Crippen LogP contribution in [-0.2, 0) is 0 Å². The normalized spacial score (nSPS) is 10.3. The highest BCUT2D eigenvalue weighted by molar-refractivity contribution is 9.09. The second-order valence-electron chi connectivity index (χ2n) is 12.4. The summed E-state index contributed by atoms with van der Waals surface area (Å²) >= 11 is 10.3. The Labute approximate surface area is 357 Å². The van der Waals surface area contributed by atoms with E-state index in [-0.39, 0.29) is 0 Å². The van der Waals surface area contributed by atoms with Gasteiger partial charge in [0.2, 0.25) is 16.7 Å². The van der Waals surface area contributed by atoms with Gasteiger partial charge in [0.25, 0.3) is 0 Å². The number of aromatic nitrogens is 2. The molecule has 0 saturated heterocycles. The van der Waals surface area contributed by atoms with Gasteiger partial charge >= 0.3 is 0 Å². The lowest BCUT2D eigenvalue weighted by atomic mass is 10.1. The highest BCUT2D eigenvalue weighted by Gasteiger charge is 2.21. The standard InChI is InChI=1S/C35H41N7S.C4H10.2C2H6.2CH3Br/c1-5-40(6-2)31-18-20-33-35(26-31)41(30-11-8-7-9-12-30)34-25-29(17-19-32(34)37-33)39-38-28-15-13-27(14-16-28)36-21-10-22-42(3,4)23-24-43;1-3-4-2;4*1-2/h7-9,11-20,25-26H,5-6,10,21-24H2,1-4H3;3-4H2,1-2H3;2*1-2H3;2*1H3/p+2. The maximum absolute atomic E-state index is 5.02. The third-order valence-corrected chi connectivity index (χ3v) is 8.61. The molecule has 5 aromatic rings. The number of quaternary nitrogens is 1. The molecule has 1 aromatic heterocycles. The Bertz CT molecular complexity index is 1730. The Kier molecular flexibility index (Phi) is 29.4. The zero-order valence-corrected chi connectivity index (χ0v) is 40.0. The van der Waals surface area contributed by atoms with Crippen LogP contribution in [0.4, 0.5) is 22.7 Å². The number of unbranched alkanes of at least 4 members (excludes halogenated alkanes) is 1. The fourth-order valence-corrected chi connectivity index (χ4v) is 5.96. The van der Waals surface area contributed by atoms with Gasteiger partial charge in [-0.15, -0.1) is 4.57 Å². The minimum atomic E-state index is 0.780. The third-order valence-electron chi connectivity index (χ3n) is 8.41. The molecule has 0 spiro atoms. The van der Waals surface area contributed by atoms with Crippen LogP contribution in [0.3, 0.4) is 0 Å². The topological polar surface area (TPSA) is 56.8 Å². The molecule has 10 heteroatoms. The zero-order valence-electron chi connectivity index (χ0n) is 35.9. The molecule has 0 saturated carbocycles. The van der Waals surface area contributed by atoms with Gasteiger partial charge in [-0.25, -0.2) is 4.98 Å². The van der Waals surface area contributed by atoms with Gasteiger partial charge < -0.3 is 14.7 Å². The van der Waals surface area contributed by atoms with Crippen molar-refractivity contribution in [3.63, 3.8) is 0 Å². The van der Waals surface area contributed by atoms with E-state index in [1.807, 2.05) is 69.7 Å². The Morgan fingerprint density at radius 1 is 0.691 bits per heavy atom. The highest BCUT2D eigenvalue weighted by Crippen LogP contribution is 2.27. The van der Waals surface area contributed by atoms with Gasteiger partial charge in [-0.05, 0) is 74.0 Å². The second kappa shape index (κ2) is 31.1. The lowest BCUT2D eigenvalue weighted by molar-refractivity contribution is -0.887. The number of nitrogens with one attached hydrogen (secondary N) is 1. The first-order valence-electron chi connectivity index (χ1n) is 19.9. The summed E-state index contributed by atoms with van der Waals surface area (Å²) in [6.07, 6.45) is 3.74. The zero-order chi connectivity index (χ0) is 41.6. The average molecular weight is 902 g/mol. The Balaban J connectivity index is 0.00000219. The average Bonchev–Trinajstić information content (AvgIpc) is 3.25. The summed E-state index contributed by atoms with van der Waals surface area (Å²) in [4.78, 5) is 7.37. The number of hydrogen-bond acceptors (Lipinski definition) is 6. The predicted molar refractivity (Wildman–Crippen MR) is 257 cm³/mol. The van der Waals surface area contributed by atoms with Crippen molar-refractivity contribution in [1.82, 2.24) is 4.98 Å². The SMILES string of the molecule is CBr.CBr.CC.CC.CCCC.CCN(CC)c1ccc2nc3ccc(N=Nc4ccc(NCCC[N+](C)(C)CCS)cc4)cc3[n+](-c3ccccc3)c2c1. The first-order valence-corrected chi connectivity index (χ1v) is 23.7. The summed E-state index contributed by atoms with van der Waals surface area (Å²) in [6, 6.07) is 31.2. The van der Waals surface area contributed by atoms with Crippen molar-refractivity contribution in [2.45, 2.75) is 74.7 Å². The highest BCUT2D eigenvalue weighted by atomic mass is 79.9. The van der Waals surface area contributed by atoms with E-state index in [1.54, 1.807) is 0 Å². The number of para-hydroxylation sites is 1. The summed E-state index contributed by atoms with van der Waals surface area (Å²) in [6.45, 7) is 21.8. The lowest BCUT2D eigenvalue weighted by Crippen LogP contribution is -2.42. The molecular formula is C45H71Br2N7S+2. The number of hydrogen-bond donors (Lipinski definition) is 2. The molecule has 0 aliphatic heterocycles. The predicted octanol–water partition coefficient (Wildman–Crippen LogP) is 13.6. The number of azo groups is 1. The number of nitrogens with zero attached hydrogens (tertiary/aromatic N) is 6. The molecule has 0 aliphatic carbocycles. The maximum atomic E-state index is 5.02. The van der Waals surface area contributed by atoms with Crippen molar-refractivity contribution >= 4 is 89.3 Å². The monoisotopic (exact) mass is 899 g/mol. The van der Waals surface area contributed by atoms with Gasteiger partial charge in [-0.1, -0.05) is 104 Å². The smallest absolute Gasteiger partial charge is 0.239 e. The van der Waals surface area contributed by atoms with Gasteiger partial charge in [-0.3, -0.25) is 0 Å². The van der Waals surface area contributed by atoms with E-state index in [1.165, 1.54) is 18.5 Å². The number of anilines is 2. The molecule has 0 amide bonds. The van der Waals surface area contributed by atoms with E-state index in [0.717, 1.165) is 94.2 Å². The molecule has 5 rings (SSSR count). The Morgan fingerprint density at radius 2 is 1.22 bits per heavy atom. The fourth-order valence-electron chi connectivity index (χ4n) is 5.42. The molecule has 1 heterocycles. The molecule has 304 valence electrons. The molecule has 0 aliphatic rings. The van der Waals surface area contributed by atoms with Gasteiger partial charge in [-0.2, -0.15) is 22.9 Å². The molecule has 0 unspecified atom stereocenters. The molecule has 4 aromatic carbocycles. The van der Waals surface area contributed by atoms with E-state index >= 15 is 0 Å². The van der Waals surface area contributed by atoms with Crippen LogP contribution in [0.25, 0.3) is 27.8 Å². The summed E-state index contributed by atoms with van der Waals surface area (Å²) in [5.74, 6) is 4.54. The lowest BCUT2D eigenvalue weighted by Gasteiger charge is -2.29. The van der Waals surface area contributed by atoms with Crippen molar-refractivity contribution in [2.24, 2.45) is 10.2 Å². The quantitative estimate of drug-likeness (QED) is 0.0222. The number of fused-ring (bicyclic) bond motifs is 2. The number of benzene rings is 4. The van der Waals surface area contributed by atoms with Crippen molar-refractivity contribution < 1.29 is 9.05 Å². The molecule has 0 radical (unpaired) electrons. The number of rotatable bonds is 14. The second-order valence-corrected chi connectivity index (χ2v) is 12.9. The number of alkyl halides is 2. The van der Waals surface area contributed by atoms with Gasteiger partial charge in [0.15, 0.2) is 0 Å². The van der Waals surface area contributed by atoms with Crippen LogP contribution in [0.2, 0.25) is 0 Å². The van der Waals surface area contributed by atoms with Crippen LogP contribution >= 0.6 is 44.5 Å². The van der Waals surface area contributed by atoms with Crippen LogP contribution in [0.5, 0.6) is 0 Å². The minimum Gasteiger partial charge on any atom is -0.385 e. The van der Waals surface area contributed by atoms with Crippen LogP contribution in [0, 0.1) is 0 Å². The first kappa shape index (κ1) is 52.0. The number of halogens is 2. The molecule has 1 N–H and O–H groups in total. The van der Waals surface area contributed by atoms with E-state index in [0.29, 0.717) is 0 Å². The van der Waals surface area contributed by atoms with Gasteiger partial charge in [0.05, 0.1) is 38.6 Å². The molecule has 7 nitrogen and oxygen atoms in total. The molecule has 0 bridgehead atoms. The van der Waals surface area contributed by atoms with Crippen molar-refractivity contribution in [3.05, 3.63) is 91.0 Å². The summed E-state index contributed by atoms with van der Waals surface area (Å²) in [5.41, 5.74) is 8.87. The molecule has 0 atom stereocenters. The van der Waals surface area contributed by atoms with Gasteiger partial charge in [0, 0.05) is 67.4 Å². The van der Waals surface area contributed by atoms with Crippen molar-refractivity contribution in [1.29, 1.82) is 0 Å². The largest absolute Gasteiger partial charge is 0.385 e. The third kappa shape index (κ3) is 17.7. The fraction of sp³-hybridized carbons (Fsp3) is 0.467. The minimum absolute atomic E-state index is 0.780. The van der Waals surface area contributed by atoms with Crippen LogP contribution < -0.4 is 14.8 Å². The maximum Gasteiger partial charge on any atom is 0.239 e. The Hall–Kier alpha value is -3.05. The summed E-state index contributed by atoms with van der Waals surface area (Å²) < 4.78 is 3.27. The van der Waals surface area contributed by atoms with Crippen LogP contribution in [-0.4, -0.2) is 73.7 Å². The van der Waals surface area contributed by atoms with Crippen LogP contribution in [0.15, 0.2) is 101 Å². The van der Waals surface area contributed by atoms with Gasteiger partial charge in [0.1, 0.15) is 11.0 Å². The molecule has 55 heavy (non-hydrogen) atoms. The summed E-state index contributed by atoms with van der Waals surface area (Å²) in [5, 5.41) is 12.7. The Morgan fingerprint density at radius 3 is 1.76 bits per heavy atom.